The molecule has 1 aromatic heterocycles. The van der Waals surface area contributed by atoms with Crippen molar-refractivity contribution in [2.75, 3.05) is 37.5 Å². The predicted molar refractivity (Wildman–Crippen MR) is 97.4 cm³/mol. The van der Waals surface area contributed by atoms with Crippen molar-refractivity contribution in [2.24, 2.45) is 0 Å². The van der Waals surface area contributed by atoms with Crippen LogP contribution in [0.25, 0.3) is 0 Å². The summed E-state index contributed by atoms with van der Waals surface area (Å²) in [6.07, 6.45) is 0.900. The van der Waals surface area contributed by atoms with E-state index in [0.717, 1.165) is 24.5 Å². The number of benzene rings is 1. The van der Waals surface area contributed by atoms with Crippen molar-refractivity contribution >= 4 is 23.3 Å². The largest absolute Gasteiger partial charge is 0.462 e. The molecule has 2 aromatic rings. The van der Waals surface area contributed by atoms with Crippen LogP contribution in [0.3, 0.4) is 0 Å². The monoisotopic (exact) mass is 344 g/mol. The van der Waals surface area contributed by atoms with E-state index < -0.39 is 0 Å². The van der Waals surface area contributed by atoms with Gasteiger partial charge in [-0.25, -0.2) is 14.8 Å². The molecule has 0 fully saturated rings. The normalized spacial score (nSPS) is 10.4. The van der Waals surface area contributed by atoms with Crippen LogP contribution in [-0.4, -0.2) is 42.8 Å². The summed E-state index contributed by atoms with van der Waals surface area (Å²) in [4.78, 5) is 20.4. The van der Waals surface area contributed by atoms with Gasteiger partial charge in [0.25, 0.3) is 0 Å². The molecule has 0 bridgehead atoms. The molecule has 0 aliphatic heterocycles. The number of hydrogen-bond acceptors (Lipinski definition) is 7. The van der Waals surface area contributed by atoms with E-state index in [0.29, 0.717) is 30.4 Å². The molecule has 0 aliphatic carbocycles. The molecule has 1 aromatic carbocycles. The number of anilines is 3. The number of hydrogen-bond donors (Lipinski definition) is 2. The van der Waals surface area contributed by atoms with Gasteiger partial charge >= 0.3 is 5.97 Å². The molecule has 0 spiro atoms. The zero-order valence-corrected chi connectivity index (χ0v) is 14.8. The number of esters is 1. The first-order valence-electron chi connectivity index (χ1n) is 8.25. The third-order valence-corrected chi connectivity index (χ3v) is 3.34. The number of rotatable bonds is 9. The highest BCUT2D eigenvalue weighted by Crippen LogP contribution is 2.18. The SMILES string of the molecule is CCOC(=O)c1ccc(Nc2cc(NCCCOC)nc(C)n2)cc1. The lowest BCUT2D eigenvalue weighted by Crippen LogP contribution is -2.08. The Bertz CT molecular complexity index is 689. The molecule has 0 saturated carbocycles. The van der Waals surface area contributed by atoms with Crippen LogP contribution in [0.4, 0.5) is 17.3 Å². The van der Waals surface area contributed by atoms with Crippen LogP contribution in [0.5, 0.6) is 0 Å². The van der Waals surface area contributed by atoms with E-state index in [9.17, 15) is 4.79 Å². The first-order valence-corrected chi connectivity index (χ1v) is 8.25. The summed E-state index contributed by atoms with van der Waals surface area (Å²) in [6, 6.07) is 8.92. The minimum atomic E-state index is -0.325. The molecule has 2 N–H and O–H groups in total. The van der Waals surface area contributed by atoms with Gasteiger partial charge < -0.3 is 20.1 Å². The van der Waals surface area contributed by atoms with E-state index in [1.165, 1.54) is 0 Å². The molecule has 0 amide bonds. The third kappa shape index (κ3) is 6.04. The van der Waals surface area contributed by atoms with Gasteiger partial charge in [0.1, 0.15) is 17.5 Å². The van der Waals surface area contributed by atoms with Crippen LogP contribution in [0.15, 0.2) is 30.3 Å². The summed E-state index contributed by atoms with van der Waals surface area (Å²) in [6.45, 7) is 5.47. The lowest BCUT2D eigenvalue weighted by molar-refractivity contribution is 0.0526. The minimum Gasteiger partial charge on any atom is -0.462 e. The molecular formula is C18H24N4O3. The second kappa shape index (κ2) is 9.58. The highest BCUT2D eigenvalue weighted by Gasteiger charge is 2.07. The smallest absolute Gasteiger partial charge is 0.338 e. The van der Waals surface area contributed by atoms with Gasteiger partial charge in [0.15, 0.2) is 0 Å². The van der Waals surface area contributed by atoms with Gasteiger partial charge in [-0.3, -0.25) is 0 Å². The molecule has 0 atom stereocenters. The van der Waals surface area contributed by atoms with Crippen LogP contribution in [0.1, 0.15) is 29.5 Å². The summed E-state index contributed by atoms with van der Waals surface area (Å²) in [5, 5.41) is 6.47. The van der Waals surface area contributed by atoms with Crippen molar-refractivity contribution in [1.29, 1.82) is 0 Å². The predicted octanol–water partition coefficient (Wildman–Crippen LogP) is 3.15. The average Bonchev–Trinajstić information content (AvgIpc) is 2.59. The highest BCUT2D eigenvalue weighted by atomic mass is 16.5. The quantitative estimate of drug-likeness (QED) is 0.534. The van der Waals surface area contributed by atoms with Gasteiger partial charge in [-0.2, -0.15) is 0 Å². The number of aromatic nitrogens is 2. The van der Waals surface area contributed by atoms with Crippen LogP contribution < -0.4 is 10.6 Å². The molecule has 134 valence electrons. The number of nitrogens with zero attached hydrogens (tertiary/aromatic N) is 2. The van der Waals surface area contributed by atoms with Crippen LogP contribution in [0.2, 0.25) is 0 Å². The molecule has 7 heteroatoms. The third-order valence-electron chi connectivity index (χ3n) is 3.34. The van der Waals surface area contributed by atoms with Crippen molar-refractivity contribution < 1.29 is 14.3 Å². The zero-order valence-electron chi connectivity index (χ0n) is 14.8. The fourth-order valence-corrected chi connectivity index (χ4v) is 2.21. The summed E-state index contributed by atoms with van der Waals surface area (Å²) >= 11 is 0. The topological polar surface area (TPSA) is 85.4 Å². The minimum absolute atomic E-state index is 0.325. The van der Waals surface area contributed by atoms with Gasteiger partial charge in [0.2, 0.25) is 0 Å². The van der Waals surface area contributed by atoms with E-state index in [1.54, 1.807) is 26.2 Å². The summed E-state index contributed by atoms with van der Waals surface area (Å²) in [5.41, 5.74) is 1.35. The van der Waals surface area contributed by atoms with Crippen molar-refractivity contribution in [3.05, 3.63) is 41.7 Å². The second-order valence-corrected chi connectivity index (χ2v) is 5.38. The van der Waals surface area contributed by atoms with Crippen molar-refractivity contribution in [3.8, 4) is 0 Å². The number of ether oxygens (including phenoxy) is 2. The Morgan fingerprint density at radius 1 is 1.16 bits per heavy atom. The number of carbonyl (C=O) groups excluding carboxylic acids is 1. The first-order chi connectivity index (χ1) is 12.1. The van der Waals surface area contributed by atoms with Gasteiger partial charge in [0, 0.05) is 32.0 Å². The Balaban J connectivity index is 2.01. The highest BCUT2D eigenvalue weighted by molar-refractivity contribution is 5.89. The van der Waals surface area contributed by atoms with Crippen molar-refractivity contribution in [1.82, 2.24) is 9.97 Å². The average molecular weight is 344 g/mol. The first kappa shape index (κ1) is 18.7. The molecule has 0 saturated heterocycles. The van der Waals surface area contributed by atoms with E-state index >= 15 is 0 Å². The van der Waals surface area contributed by atoms with Crippen LogP contribution in [0, 0.1) is 6.92 Å². The van der Waals surface area contributed by atoms with Crippen LogP contribution >= 0.6 is 0 Å². The Labute approximate surface area is 147 Å². The van der Waals surface area contributed by atoms with Gasteiger partial charge in [0.05, 0.1) is 12.2 Å². The fourth-order valence-electron chi connectivity index (χ4n) is 2.21. The maximum absolute atomic E-state index is 11.7. The van der Waals surface area contributed by atoms with Crippen LogP contribution in [-0.2, 0) is 9.47 Å². The van der Waals surface area contributed by atoms with Gasteiger partial charge in [-0.15, -0.1) is 0 Å². The molecule has 0 unspecified atom stereocenters. The lowest BCUT2D eigenvalue weighted by Gasteiger charge is -2.10. The standard InChI is InChI=1S/C18H24N4O3/c1-4-25-18(23)14-6-8-15(9-7-14)22-17-12-16(20-13(2)21-17)19-10-5-11-24-3/h6-9,12H,4-5,10-11H2,1-3H3,(H2,19,20,21,22). The Morgan fingerprint density at radius 3 is 2.56 bits per heavy atom. The van der Waals surface area contributed by atoms with E-state index in [-0.39, 0.29) is 5.97 Å². The Kier molecular flexibility index (Phi) is 7.16. The number of nitrogens with one attached hydrogen (secondary N) is 2. The zero-order chi connectivity index (χ0) is 18.1. The molecule has 1 heterocycles. The van der Waals surface area contributed by atoms with E-state index in [2.05, 4.69) is 20.6 Å². The maximum Gasteiger partial charge on any atom is 0.338 e. The molecule has 25 heavy (non-hydrogen) atoms. The molecule has 2 rings (SSSR count). The summed E-state index contributed by atoms with van der Waals surface area (Å²) in [7, 11) is 1.68. The molecule has 0 radical (unpaired) electrons. The lowest BCUT2D eigenvalue weighted by atomic mass is 10.2. The second-order valence-electron chi connectivity index (χ2n) is 5.38. The number of aryl methyl sites for hydroxylation is 1. The van der Waals surface area contributed by atoms with E-state index in [1.807, 2.05) is 25.1 Å². The number of carbonyl (C=O) groups is 1. The fraction of sp³-hybridized carbons (Fsp3) is 0.389. The summed E-state index contributed by atoms with van der Waals surface area (Å²) < 4.78 is 10.0. The van der Waals surface area contributed by atoms with Crippen molar-refractivity contribution in [3.63, 3.8) is 0 Å². The number of methoxy groups -OCH3 is 1. The molecule has 0 aliphatic rings. The summed E-state index contributed by atoms with van der Waals surface area (Å²) in [5.74, 6) is 1.79. The molecular weight excluding hydrogens is 320 g/mol. The Morgan fingerprint density at radius 2 is 1.88 bits per heavy atom. The van der Waals surface area contributed by atoms with E-state index in [4.69, 9.17) is 9.47 Å². The maximum atomic E-state index is 11.7. The van der Waals surface area contributed by atoms with Gasteiger partial charge in [-0.1, -0.05) is 0 Å². The van der Waals surface area contributed by atoms with Gasteiger partial charge in [-0.05, 0) is 44.5 Å². The van der Waals surface area contributed by atoms with Crippen molar-refractivity contribution in [2.45, 2.75) is 20.3 Å². The molecule has 7 nitrogen and oxygen atoms in total. The Hall–Kier alpha value is -2.67.